The molecule has 0 aromatic heterocycles. The standard InChI is InChI=1S/C24H39N5O5/c1-4-15(2)20(26)23(32)28-18(12-8-9-13-25)22(31)27-16(3)21(30)29-19(24(33)34)14-17-10-6-5-7-11-17/h5-7,10-11,15-16,18-20H,4,8-9,12-14,25-26H2,1-3H3,(H,27,31)(H,28,32)(H,29,30)(H,33,34). The Hall–Kier alpha value is -2.98. The van der Waals surface area contributed by atoms with E-state index in [0.717, 1.165) is 5.56 Å². The first-order chi connectivity index (χ1) is 16.1. The highest BCUT2D eigenvalue weighted by atomic mass is 16.4. The predicted molar refractivity (Wildman–Crippen MR) is 130 cm³/mol. The van der Waals surface area contributed by atoms with Crippen LogP contribution in [-0.4, -0.2) is 59.5 Å². The molecule has 0 aliphatic rings. The maximum atomic E-state index is 12.9. The van der Waals surface area contributed by atoms with Gasteiger partial charge < -0.3 is 32.5 Å². The topological polar surface area (TPSA) is 177 Å². The molecular formula is C24H39N5O5. The van der Waals surface area contributed by atoms with Gasteiger partial charge in [-0.25, -0.2) is 4.79 Å². The third-order valence-electron chi connectivity index (χ3n) is 5.79. The van der Waals surface area contributed by atoms with Crippen LogP contribution in [0.1, 0.15) is 52.0 Å². The number of nitrogens with two attached hydrogens (primary N) is 2. The lowest BCUT2D eigenvalue weighted by atomic mass is 9.98. The Kier molecular flexibility index (Phi) is 12.8. The van der Waals surface area contributed by atoms with Crippen LogP contribution < -0.4 is 27.4 Å². The number of nitrogens with one attached hydrogen (secondary N) is 3. The van der Waals surface area contributed by atoms with Crippen LogP contribution in [0, 0.1) is 5.92 Å². The van der Waals surface area contributed by atoms with Gasteiger partial charge in [0.2, 0.25) is 17.7 Å². The largest absolute Gasteiger partial charge is 0.480 e. The smallest absolute Gasteiger partial charge is 0.326 e. The molecule has 0 spiro atoms. The number of hydrogen-bond donors (Lipinski definition) is 6. The highest BCUT2D eigenvalue weighted by molar-refractivity contribution is 5.94. The molecule has 1 aromatic carbocycles. The average molecular weight is 478 g/mol. The number of benzene rings is 1. The molecule has 0 aliphatic heterocycles. The van der Waals surface area contributed by atoms with Crippen LogP contribution >= 0.6 is 0 Å². The van der Waals surface area contributed by atoms with Gasteiger partial charge in [-0.15, -0.1) is 0 Å². The molecule has 0 aliphatic carbocycles. The number of hydrogen-bond acceptors (Lipinski definition) is 6. The Morgan fingerprint density at radius 3 is 2.09 bits per heavy atom. The van der Waals surface area contributed by atoms with Crippen molar-refractivity contribution in [2.24, 2.45) is 17.4 Å². The van der Waals surface area contributed by atoms with Gasteiger partial charge in [-0.3, -0.25) is 14.4 Å². The molecule has 10 heteroatoms. The number of carbonyl (C=O) groups is 4. The van der Waals surface area contributed by atoms with Gasteiger partial charge in [0.05, 0.1) is 6.04 Å². The molecule has 0 bridgehead atoms. The van der Waals surface area contributed by atoms with Gasteiger partial charge in [-0.2, -0.15) is 0 Å². The summed E-state index contributed by atoms with van der Waals surface area (Å²) in [5, 5.41) is 17.2. The molecule has 3 amide bonds. The fourth-order valence-corrected chi connectivity index (χ4v) is 3.27. The van der Waals surface area contributed by atoms with Crippen molar-refractivity contribution in [1.82, 2.24) is 16.0 Å². The zero-order valence-corrected chi connectivity index (χ0v) is 20.3. The zero-order valence-electron chi connectivity index (χ0n) is 20.3. The highest BCUT2D eigenvalue weighted by Gasteiger charge is 2.29. The van der Waals surface area contributed by atoms with Crippen LogP contribution in [0.5, 0.6) is 0 Å². The highest BCUT2D eigenvalue weighted by Crippen LogP contribution is 2.08. The van der Waals surface area contributed by atoms with Crippen molar-refractivity contribution in [2.75, 3.05) is 6.54 Å². The van der Waals surface area contributed by atoms with Gasteiger partial charge >= 0.3 is 5.97 Å². The number of aliphatic carboxylic acids is 1. The Morgan fingerprint density at radius 1 is 0.912 bits per heavy atom. The number of carbonyl (C=O) groups excluding carboxylic acids is 3. The van der Waals surface area contributed by atoms with Crippen LogP contribution in [0.4, 0.5) is 0 Å². The van der Waals surface area contributed by atoms with Gasteiger partial charge in [0.25, 0.3) is 0 Å². The van der Waals surface area contributed by atoms with Crippen LogP contribution in [0.25, 0.3) is 0 Å². The minimum atomic E-state index is -1.18. The monoisotopic (exact) mass is 477 g/mol. The summed E-state index contributed by atoms with van der Waals surface area (Å²) in [5.41, 5.74) is 12.3. The fourth-order valence-electron chi connectivity index (χ4n) is 3.27. The van der Waals surface area contributed by atoms with Crippen LogP contribution in [-0.2, 0) is 25.6 Å². The molecule has 0 saturated heterocycles. The molecule has 5 atom stereocenters. The van der Waals surface area contributed by atoms with Crippen molar-refractivity contribution in [3.8, 4) is 0 Å². The minimum absolute atomic E-state index is 0.0602. The Bertz CT molecular complexity index is 804. The van der Waals surface area contributed by atoms with E-state index in [9.17, 15) is 24.3 Å². The van der Waals surface area contributed by atoms with E-state index >= 15 is 0 Å². The van der Waals surface area contributed by atoms with Gasteiger partial charge in [0.15, 0.2) is 0 Å². The molecule has 190 valence electrons. The summed E-state index contributed by atoms with van der Waals surface area (Å²) >= 11 is 0. The lowest BCUT2D eigenvalue weighted by Crippen LogP contribution is -2.57. The zero-order chi connectivity index (χ0) is 25.7. The SMILES string of the molecule is CCC(C)C(N)C(=O)NC(CCCCN)C(=O)NC(C)C(=O)NC(Cc1ccccc1)C(=O)O. The summed E-state index contributed by atoms with van der Waals surface area (Å²) in [4.78, 5) is 49.6. The molecule has 5 unspecified atom stereocenters. The Balaban J connectivity index is 2.79. The third-order valence-corrected chi connectivity index (χ3v) is 5.79. The first-order valence-electron chi connectivity index (χ1n) is 11.7. The first-order valence-corrected chi connectivity index (χ1v) is 11.7. The molecule has 34 heavy (non-hydrogen) atoms. The maximum absolute atomic E-state index is 12.9. The molecule has 0 radical (unpaired) electrons. The van der Waals surface area contributed by atoms with Crippen molar-refractivity contribution >= 4 is 23.7 Å². The van der Waals surface area contributed by atoms with Crippen molar-refractivity contribution in [2.45, 2.75) is 77.0 Å². The van der Waals surface area contributed by atoms with E-state index in [-0.39, 0.29) is 12.3 Å². The van der Waals surface area contributed by atoms with Crippen molar-refractivity contribution < 1.29 is 24.3 Å². The van der Waals surface area contributed by atoms with Crippen molar-refractivity contribution in [1.29, 1.82) is 0 Å². The summed E-state index contributed by atoms with van der Waals surface area (Å²) in [7, 11) is 0. The van der Waals surface area contributed by atoms with Gasteiger partial charge in [0.1, 0.15) is 18.1 Å². The summed E-state index contributed by atoms with van der Waals surface area (Å²) < 4.78 is 0. The lowest BCUT2D eigenvalue weighted by Gasteiger charge is -2.25. The van der Waals surface area contributed by atoms with Crippen LogP contribution in [0.2, 0.25) is 0 Å². The summed E-state index contributed by atoms with van der Waals surface area (Å²) in [6, 6.07) is 5.11. The van der Waals surface area contributed by atoms with Crippen LogP contribution in [0.15, 0.2) is 30.3 Å². The van der Waals surface area contributed by atoms with Crippen molar-refractivity contribution in [3.05, 3.63) is 35.9 Å². The van der Waals surface area contributed by atoms with Gasteiger partial charge in [-0.1, -0.05) is 50.6 Å². The maximum Gasteiger partial charge on any atom is 0.326 e. The Morgan fingerprint density at radius 2 is 1.53 bits per heavy atom. The minimum Gasteiger partial charge on any atom is -0.480 e. The normalized spacial score (nSPS) is 15.3. The van der Waals surface area contributed by atoms with E-state index in [1.165, 1.54) is 6.92 Å². The predicted octanol–water partition coefficient (Wildman–Crippen LogP) is 0.290. The quantitative estimate of drug-likeness (QED) is 0.197. The fraction of sp³-hybridized carbons (Fsp3) is 0.583. The number of rotatable bonds is 15. The molecule has 0 heterocycles. The van der Waals surface area contributed by atoms with Crippen molar-refractivity contribution in [3.63, 3.8) is 0 Å². The second-order valence-corrected chi connectivity index (χ2v) is 8.58. The molecule has 1 rings (SSSR count). The van der Waals surface area contributed by atoms with Gasteiger partial charge in [0, 0.05) is 6.42 Å². The molecule has 10 nitrogen and oxygen atoms in total. The number of carboxylic acid groups (broad SMARTS) is 1. The first kappa shape index (κ1) is 29.1. The number of carboxylic acids is 1. The number of unbranched alkanes of at least 4 members (excludes halogenated alkanes) is 1. The summed E-state index contributed by atoms with van der Waals surface area (Å²) in [6.07, 6.45) is 2.43. The van der Waals surface area contributed by atoms with Gasteiger partial charge in [-0.05, 0) is 44.2 Å². The summed E-state index contributed by atoms with van der Waals surface area (Å²) in [5.74, 6) is -2.86. The second kappa shape index (κ2) is 15.0. The molecular weight excluding hydrogens is 438 g/mol. The van der Waals surface area contributed by atoms with E-state index in [4.69, 9.17) is 11.5 Å². The second-order valence-electron chi connectivity index (χ2n) is 8.58. The summed E-state index contributed by atoms with van der Waals surface area (Å²) in [6.45, 7) is 5.68. The lowest BCUT2D eigenvalue weighted by molar-refractivity contribution is -0.142. The molecule has 8 N–H and O–H groups in total. The van der Waals surface area contributed by atoms with E-state index in [1.54, 1.807) is 24.3 Å². The van der Waals surface area contributed by atoms with E-state index < -0.39 is 47.9 Å². The van der Waals surface area contributed by atoms with Crippen LogP contribution in [0.3, 0.4) is 0 Å². The average Bonchev–Trinajstić information content (AvgIpc) is 2.82. The molecule has 0 saturated carbocycles. The van der Waals surface area contributed by atoms with E-state index in [1.807, 2.05) is 19.9 Å². The van der Waals surface area contributed by atoms with E-state index in [0.29, 0.717) is 32.2 Å². The molecule has 0 fully saturated rings. The Labute approximate surface area is 201 Å². The number of amides is 3. The molecule has 1 aromatic rings. The third kappa shape index (κ3) is 9.88. The van der Waals surface area contributed by atoms with E-state index in [2.05, 4.69) is 16.0 Å².